The minimum absolute atomic E-state index is 0.0164. The first kappa shape index (κ1) is 30.0. The Bertz CT molecular complexity index is 1050. The topological polar surface area (TPSA) is 29.5 Å². The van der Waals surface area contributed by atoms with Crippen LogP contribution in [0.3, 0.4) is 0 Å². The van der Waals surface area contributed by atoms with Gasteiger partial charge in [-0.15, -0.1) is 0 Å². The van der Waals surface area contributed by atoms with Crippen molar-refractivity contribution in [3.63, 3.8) is 0 Å². The molecule has 2 saturated carbocycles. The number of ether oxygens (including phenoxy) is 1. The van der Waals surface area contributed by atoms with Gasteiger partial charge in [0.05, 0.1) is 12.2 Å². The average molecular weight is 548 g/mol. The molecule has 222 valence electrons. The van der Waals surface area contributed by atoms with Crippen molar-refractivity contribution in [2.75, 3.05) is 13.2 Å². The lowest BCUT2D eigenvalue weighted by Gasteiger charge is -2.45. The van der Waals surface area contributed by atoms with Gasteiger partial charge in [0.2, 0.25) is 0 Å². The van der Waals surface area contributed by atoms with Crippen LogP contribution in [0, 0.1) is 35.0 Å². The van der Waals surface area contributed by atoms with Gasteiger partial charge >= 0.3 is 0 Å². The van der Waals surface area contributed by atoms with E-state index in [0.29, 0.717) is 35.5 Å². The molecule has 3 heteroatoms. The van der Waals surface area contributed by atoms with Crippen LogP contribution in [0.1, 0.15) is 118 Å². The summed E-state index contributed by atoms with van der Waals surface area (Å²) in [4.78, 5) is 15.0. The van der Waals surface area contributed by atoms with Crippen molar-refractivity contribution >= 4 is 5.78 Å². The standard InChI is InChI=1S/C37H57NO2/c1-7-26(3)23-38(24-29-13-10-9-11-14-29)35-25-40-37(28(35)5)20-17-31-32-15-12-18-36(6,19-16-30(39)8-2)34(32)21-33(31)27(4)22-37/h9-11,13-14,26,28,31-32,34-35H,7-8,12,15-25H2,1-6H3/t26-,28+,31-,32?,34-,35+,36+,37-/m0/s1. The van der Waals surface area contributed by atoms with Crippen LogP contribution in [0.4, 0.5) is 0 Å². The summed E-state index contributed by atoms with van der Waals surface area (Å²) in [5, 5.41) is 0. The van der Waals surface area contributed by atoms with Crippen LogP contribution >= 0.6 is 0 Å². The number of ketones is 1. The van der Waals surface area contributed by atoms with E-state index in [1.807, 2.05) is 6.92 Å². The van der Waals surface area contributed by atoms with E-state index in [2.05, 4.69) is 69.9 Å². The number of hydrogen-bond acceptors (Lipinski definition) is 3. The maximum Gasteiger partial charge on any atom is 0.132 e. The van der Waals surface area contributed by atoms with Crippen molar-refractivity contribution in [2.24, 2.45) is 35.0 Å². The van der Waals surface area contributed by atoms with E-state index in [0.717, 1.165) is 56.7 Å². The molecule has 8 atom stereocenters. The van der Waals surface area contributed by atoms with Gasteiger partial charge in [0.1, 0.15) is 5.78 Å². The number of carbonyl (C=O) groups excluding carboxylic acids is 1. The summed E-state index contributed by atoms with van der Waals surface area (Å²) >= 11 is 0. The molecule has 1 heterocycles. The number of rotatable bonds is 10. The van der Waals surface area contributed by atoms with E-state index >= 15 is 0 Å². The van der Waals surface area contributed by atoms with Crippen molar-refractivity contribution in [1.82, 2.24) is 4.90 Å². The SMILES string of the molecule is CCC(=O)CC[C@@]1(C)CCCC2[C@@H]3CC[C@@]4(CC(C)=C3C[C@@H]21)OC[C@@H](N(Cc1ccccc1)C[C@@H](C)CC)[C@H]4C. The third-order valence-electron chi connectivity index (χ3n) is 12.4. The van der Waals surface area contributed by atoms with E-state index in [1.54, 1.807) is 11.1 Å². The molecule has 0 N–H and O–H groups in total. The molecule has 40 heavy (non-hydrogen) atoms. The second-order valence-electron chi connectivity index (χ2n) is 14.7. The Morgan fingerprint density at radius 2 is 1.93 bits per heavy atom. The largest absolute Gasteiger partial charge is 0.373 e. The molecule has 1 aliphatic heterocycles. The highest BCUT2D eigenvalue weighted by Gasteiger charge is 2.55. The van der Waals surface area contributed by atoms with Crippen LogP contribution in [0.2, 0.25) is 0 Å². The van der Waals surface area contributed by atoms with Crippen molar-refractivity contribution in [1.29, 1.82) is 0 Å². The Labute approximate surface area is 245 Å². The first-order chi connectivity index (χ1) is 19.2. The summed E-state index contributed by atoms with van der Waals surface area (Å²) in [5.41, 5.74) is 5.17. The molecule has 0 aromatic heterocycles. The molecule has 0 bridgehead atoms. The molecular weight excluding hydrogens is 490 g/mol. The molecule has 4 aliphatic rings. The number of benzene rings is 1. The zero-order valence-corrected chi connectivity index (χ0v) is 26.5. The van der Waals surface area contributed by atoms with Gasteiger partial charge in [-0.3, -0.25) is 9.69 Å². The summed E-state index contributed by atoms with van der Waals surface area (Å²) in [5.74, 6) is 3.98. The van der Waals surface area contributed by atoms with E-state index in [4.69, 9.17) is 4.74 Å². The fourth-order valence-corrected chi connectivity index (χ4v) is 9.49. The molecular formula is C37H57NO2. The first-order valence-corrected chi connectivity index (χ1v) is 16.8. The maximum absolute atomic E-state index is 12.2. The highest BCUT2D eigenvalue weighted by molar-refractivity contribution is 5.78. The molecule has 3 aliphatic carbocycles. The fourth-order valence-electron chi connectivity index (χ4n) is 9.49. The normalized spacial score (nSPS) is 36.5. The molecule has 1 spiro atoms. The summed E-state index contributed by atoms with van der Waals surface area (Å²) in [6.07, 6.45) is 12.7. The number of nitrogens with zero attached hydrogens (tertiary/aromatic N) is 1. The Hall–Kier alpha value is -1.45. The first-order valence-electron chi connectivity index (χ1n) is 16.8. The minimum Gasteiger partial charge on any atom is -0.373 e. The summed E-state index contributed by atoms with van der Waals surface area (Å²) < 4.78 is 7.00. The Kier molecular flexibility index (Phi) is 9.32. The molecule has 1 unspecified atom stereocenters. The Morgan fingerprint density at radius 3 is 2.65 bits per heavy atom. The second-order valence-corrected chi connectivity index (χ2v) is 14.7. The quantitative estimate of drug-likeness (QED) is 0.274. The molecule has 1 aromatic rings. The summed E-state index contributed by atoms with van der Waals surface area (Å²) in [6.45, 7) is 17.3. The molecule has 1 aromatic carbocycles. The third-order valence-corrected chi connectivity index (χ3v) is 12.4. The monoisotopic (exact) mass is 547 g/mol. The van der Waals surface area contributed by atoms with Crippen molar-refractivity contribution in [3.05, 3.63) is 47.0 Å². The zero-order valence-electron chi connectivity index (χ0n) is 26.5. The number of allylic oxidation sites excluding steroid dienone is 1. The average Bonchev–Trinajstić information content (AvgIpc) is 3.45. The van der Waals surface area contributed by atoms with Crippen LogP contribution in [0.15, 0.2) is 41.5 Å². The number of hydrogen-bond donors (Lipinski definition) is 0. The molecule has 5 rings (SSSR count). The lowest BCUT2D eigenvalue weighted by atomic mass is 9.60. The van der Waals surface area contributed by atoms with Crippen LogP contribution in [0.5, 0.6) is 0 Å². The Balaban J connectivity index is 1.34. The third kappa shape index (κ3) is 5.89. The second kappa shape index (κ2) is 12.4. The smallest absolute Gasteiger partial charge is 0.132 e. The molecule has 0 radical (unpaired) electrons. The molecule has 3 fully saturated rings. The van der Waals surface area contributed by atoms with Crippen molar-refractivity contribution in [3.8, 4) is 0 Å². The molecule has 3 nitrogen and oxygen atoms in total. The number of carbonyl (C=O) groups is 1. The van der Waals surface area contributed by atoms with Crippen molar-refractivity contribution < 1.29 is 9.53 Å². The summed E-state index contributed by atoms with van der Waals surface area (Å²) in [7, 11) is 0. The van der Waals surface area contributed by atoms with E-state index in [9.17, 15) is 4.79 Å². The van der Waals surface area contributed by atoms with Gasteiger partial charge in [-0.2, -0.15) is 0 Å². The predicted molar refractivity (Wildman–Crippen MR) is 166 cm³/mol. The van der Waals surface area contributed by atoms with Gasteiger partial charge in [0, 0.05) is 37.9 Å². The minimum atomic E-state index is -0.0164. The highest BCUT2D eigenvalue weighted by Crippen LogP contribution is 2.61. The number of Topliss-reactive ketones (excluding diaryl/α,β-unsaturated/α-hetero) is 1. The summed E-state index contributed by atoms with van der Waals surface area (Å²) in [6, 6.07) is 11.5. The van der Waals surface area contributed by atoms with Gasteiger partial charge in [0.25, 0.3) is 0 Å². The van der Waals surface area contributed by atoms with Crippen LogP contribution < -0.4 is 0 Å². The zero-order chi connectivity index (χ0) is 28.5. The van der Waals surface area contributed by atoms with Gasteiger partial charge in [-0.05, 0) is 86.5 Å². The molecule has 0 amide bonds. The van der Waals surface area contributed by atoms with E-state index in [1.165, 1.54) is 50.5 Å². The van der Waals surface area contributed by atoms with Crippen LogP contribution in [-0.2, 0) is 16.1 Å². The Morgan fingerprint density at radius 1 is 1.15 bits per heavy atom. The highest BCUT2D eigenvalue weighted by atomic mass is 16.5. The lowest BCUT2D eigenvalue weighted by Crippen LogP contribution is -2.45. The van der Waals surface area contributed by atoms with Crippen molar-refractivity contribution in [2.45, 2.75) is 130 Å². The van der Waals surface area contributed by atoms with Crippen LogP contribution in [-0.4, -0.2) is 35.5 Å². The van der Waals surface area contributed by atoms with Crippen LogP contribution in [0.25, 0.3) is 0 Å². The maximum atomic E-state index is 12.2. The number of fused-ring (bicyclic) bond motifs is 3. The fraction of sp³-hybridized carbons (Fsp3) is 0.757. The van der Waals surface area contributed by atoms with E-state index in [-0.39, 0.29) is 5.60 Å². The lowest BCUT2D eigenvalue weighted by molar-refractivity contribution is -0.119. The van der Waals surface area contributed by atoms with E-state index < -0.39 is 0 Å². The van der Waals surface area contributed by atoms with Gasteiger partial charge in [-0.25, -0.2) is 0 Å². The molecule has 1 saturated heterocycles. The van der Waals surface area contributed by atoms with Gasteiger partial charge in [-0.1, -0.05) is 88.9 Å². The van der Waals surface area contributed by atoms with Gasteiger partial charge in [0.15, 0.2) is 0 Å². The van der Waals surface area contributed by atoms with Gasteiger partial charge < -0.3 is 4.74 Å². The predicted octanol–water partition coefficient (Wildman–Crippen LogP) is 9.01.